The first kappa shape index (κ1) is 14.6. The van der Waals surface area contributed by atoms with Crippen molar-refractivity contribution in [2.24, 2.45) is 0 Å². The molecule has 20 heavy (non-hydrogen) atoms. The summed E-state index contributed by atoms with van der Waals surface area (Å²) in [6.07, 6.45) is 0.206. The molecule has 0 radical (unpaired) electrons. The lowest BCUT2D eigenvalue weighted by Gasteiger charge is -2.16. The Labute approximate surface area is 121 Å². The number of hydrogen-bond donors (Lipinski definition) is 1. The number of benzene rings is 1. The van der Waals surface area contributed by atoms with E-state index in [1.165, 1.54) is 0 Å². The molecular weight excluding hydrogens is 278 g/mol. The van der Waals surface area contributed by atoms with Crippen LogP contribution in [-0.4, -0.2) is 15.6 Å². The first-order chi connectivity index (χ1) is 9.45. The molecule has 2 aromatic rings. The summed E-state index contributed by atoms with van der Waals surface area (Å²) in [5.41, 5.74) is 2.08. The highest BCUT2D eigenvalue weighted by atomic mass is 35.5. The maximum Gasteiger partial charge on any atom is 0.303 e. The second kappa shape index (κ2) is 5.67. The Hall–Kier alpha value is -1.81. The number of carboxylic acids is 1. The predicted molar refractivity (Wildman–Crippen MR) is 79.6 cm³/mol. The Balaban J connectivity index is 2.74. The zero-order valence-electron chi connectivity index (χ0n) is 11.4. The lowest BCUT2D eigenvalue weighted by atomic mass is 10.0. The molecule has 0 unspecified atom stereocenters. The van der Waals surface area contributed by atoms with Gasteiger partial charge in [0.1, 0.15) is 0 Å². The molecule has 106 valence electrons. The number of nitrogens with zero attached hydrogens (tertiary/aromatic N) is 1. The van der Waals surface area contributed by atoms with Gasteiger partial charge in [-0.05, 0) is 38.5 Å². The van der Waals surface area contributed by atoms with Gasteiger partial charge < -0.3 is 9.67 Å². The Morgan fingerprint density at radius 2 is 2.10 bits per heavy atom. The third-order valence-corrected chi connectivity index (χ3v) is 3.75. The third kappa shape index (κ3) is 2.56. The number of aryl methyl sites for hydroxylation is 1. The van der Waals surface area contributed by atoms with Crippen LogP contribution in [0.5, 0.6) is 0 Å². The molecule has 1 N–H and O–H groups in total. The summed E-state index contributed by atoms with van der Waals surface area (Å²) < 4.78 is 2.00. The smallest absolute Gasteiger partial charge is 0.303 e. The van der Waals surface area contributed by atoms with Crippen LogP contribution in [0.15, 0.2) is 23.0 Å². The van der Waals surface area contributed by atoms with Crippen LogP contribution >= 0.6 is 11.6 Å². The second-order valence-electron chi connectivity index (χ2n) is 4.69. The number of aromatic nitrogens is 1. The molecule has 1 aromatic carbocycles. The highest BCUT2D eigenvalue weighted by Gasteiger charge is 2.14. The Morgan fingerprint density at radius 3 is 2.70 bits per heavy atom. The van der Waals surface area contributed by atoms with E-state index in [1.807, 2.05) is 18.4 Å². The molecule has 1 heterocycles. The minimum absolute atomic E-state index is 0.0428. The summed E-state index contributed by atoms with van der Waals surface area (Å²) in [4.78, 5) is 23.2. The molecule has 0 fully saturated rings. The fourth-order valence-electron chi connectivity index (χ4n) is 2.52. The maximum absolute atomic E-state index is 12.5. The fraction of sp³-hybridized carbons (Fsp3) is 0.333. The van der Waals surface area contributed by atoms with Crippen molar-refractivity contribution in [2.75, 3.05) is 0 Å². The first-order valence-corrected chi connectivity index (χ1v) is 6.86. The summed E-state index contributed by atoms with van der Waals surface area (Å²) in [7, 11) is 0. The van der Waals surface area contributed by atoms with Crippen LogP contribution in [-0.2, 0) is 17.8 Å². The number of hydrogen-bond acceptors (Lipinski definition) is 2. The van der Waals surface area contributed by atoms with E-state index in [0.717, 1.165) is 11.2 Å². The summed E-state index contributed by atoms with van der Waals surface area (Å²) in [6, 6.07) is 5.16. The molecule has 5 heteroatoms. The molecule has 1 aromatic heterocycles. The number of fused-ring (bicyclic) bond motifs is 1. The van der Waals surface area contributed by atoms with Gasteiger partial charge in [-0.25, -0.2) is 0 Å². The number of halogens is 1. The lowest BCUT2D eigenvalue weighted by Crippen LogP contribution is -2.19. The van der Waals surface area contributed by atoms with Crippen molar-refractivity contribution in [1.82, 2.24) is 4.57 Å². The van der Waals surface area contributed by atoms with Gasteiger partial charge in [0.2, 0.25) is 0 Å². The molecule has 0 aliphatic rings. The monoisotopic (exact) mass is 293 g/mol. The number of rotatable bonds is 4. The Kier molecular flexibility index (Phi) is 4.14. The highest BCUT2D eigenvalue weighted by Crippen LogP contribution is 2.21. The van der Waals surface area contributed by atoms with E-state index >= 15 is 0 Å². The van der Waals surface area contributed by atoms with Crippen LogP contribution < -0.4 is 5.43 Å². The topological polar surface area (TPSA) is 59.3 Å². The number of aliphatic carboxylic acids is 1. The normalized spacial score (nSPS) is 10.9. The summed E-state index contributed by atoms with van der Waals surface area (Å²) in [6.45, 7) is 4.53. The average Bonchev–Trinajstić information content (AvgIpc) is 2.38. The number of pyridine rings is 1. The largest absolute Gasteiger partial charge is 0.481 e. The Morgan fingerprint density at radius 1 is 1.40 bits per heavy atom. The first-order valence-electron chi connectivity index (χ1n) is 6.49. The van der Waals surface area contributed by atoms with Crippen molar-refractivity contribution in [3.05, 3.63) is 44.7 Å². The van der Waals surface area contributed by atoms with E-state index in [-0.39, 0.29) is 18.3 Å². The van der Waals surface area contributed by atoms with Gasteiger partial charge >= 0.3 is 5.97 Å². The van der Waals surface area contributed by atoms with Gasteiger partial charge in [-0.3, -0.25) is 9.59 Å². The van der Waals surface area contributed by atoms with Crippen LogP contribution in [0.25, 0.3) is 10.9 Å². The predicted octanol–water partition coefficient (Wildman–Crippen LogP) is 3.00. The zero-order valence-corrected chi connectivity index (χ0v) is 12.2. The van der Waals surface area contributed by atoms with Gasteiger partial charge in [-0.2, -0.15) is 0 Å². The van der Waals surface area contributed by atoms with Gasteiger partial charge in [0.15, 0.2) is 5.43 Å². The van der Waals surface area contributed by atoms with E-state index in [0.29, 0.717) is 22.5 Å². The molecule has 0 spiro atoms. The van der Waals surface area contributed by atoms with Gasteiger partial charge in [0.25, 0.3) is 0 Å². The minimum atomic E-state index is -0.900. The van der Waals surface area contributed by atoms with Gasteiger partial charge in [0, 0.05) is 34.6 Å². The molecule has 0 aliphatic heterocycles. The standard InChI is InChI=1S/C15H16ClNO3/c1-3-17-9(2)11(6-7-14(18)19)15(20)12-5-4-10(16)8-13(12)17/h4-5,8H,3,6-7H2,1-2H3,(H,18,19). The summed E-state index contributed by atoms with van der Waals surface area (Å²) in [5.74, 6) is -0.900. The van der Waals surface area contributed by atoms with Crippen molar-refractivity contribution in [1.29, 1.82) is 0 Å². The lowest BCUT2D eigenvalue weighted by molar-refractivity contribution is -0.136. The van der Waals surface area contributed by atoms with Crippen molar-refractivity contribution >= 4 is 28.5 Å². The molecule has 0 atom stereocenters. The summed E-state index contributed by atoms with van der Waals surface area (Å²) >= 11 is 6.00. The van der Waals surface area contributed by atoms with Gasteiger partial charge in [0.05, 0.1) is 5.52 Å². The van der Waals surface area contributed by atoms with Crippen molar-refractivity contribution in [3.8, 4) is 0 Å². The SMILES string of the molecule is CCn1c(C)c(CCC(=O)O)c(=O)c2ccc(Cl)cc21. The van der Waals surface area contributed by atoms with Crippen LogP contribution in [0.4, 0.5) is 0 Å². The van der Waals surface area contributed by atoms with Crippen molar-refractivity contribution in [3.63, 3.8) is 0 Å². The third-order valence-electron chi connectivity index (χ3n) is 3.52. The van der Waals surface area contributed by atoms with E-state index < -0.39 is 5.97 Å². The molecule has 0 bridgehead atoms. The average molecular weight is 294 g/mol. The molecule has 0 aliphatic carbocycles. The van der Waals surface area contributed by atoms with Crippen LogP contribution in [0.3, 0.4) is 0 Å². The molecule has 2 rings (SSSR count). The molecule has 0 saturated carbocycles. The minimum Gasteiger partial charge on any atom is -0.481 e. The van der Waals surface area contributed by atoms with Gasteiger partial charge in [-0.15, -0.1) is 0 Å². The van der Waals surface area contributed by atoms with E-state index in [4.69, 9.17) is 16.7 Å². The van der Waals surface area contributed by atoms with Crippen molar-refractivity contribution < 1.29 is 9.90 Å². The molecular formula is C15H16ClNO3. The number of carboxylic acid groups (broad SMARTS) is 1. The Bertz CT molecular complexity index is 734. The molecule has 0 saturated heterocycles. The number of carbonyl (C=O) groups is 1. The van der Waals surface area contributed by atoms with Gasteiger partial charge in [-0.1, -0.05) is 11.6 Å². The van der Waals surface area contributed by atoms with Crippen molar-refractivity contribution in [2.45, 2.75) is 33.2 Å². The quantitative estimate of drug-likeness (QED) is 0.942. The maximum atomic E-state index is 12.5. The highest BCUT2D eigenvalue weighted by molar-refractivity contribution is 6.31. The zero-order chi connectivity index (χ0) is 14.9. The molecule has 4 nitrogen and oxygen atoms in total. The molecule has 0 amide bonds. The van der Waals surface area contributed by atoms with E-state index in [1.54, 1.807) is 18.2 Å². The van der Waals surface area contributed by atoms with Crippen LogP contribution in [0.2, 0.25) is 5.02 Å². The second-order valence-corrected chi connectivity index (χ2v) is 5.13. The van der Waals surface area contributed by atoms with E-state index in [2.05, 4.69) is 0 Å². The van der Waals surface area contributed by atoms with E-state index in [9.17, 15) is 9.59 Å². The van der Waals surface area contributed by atoms with Crippen LogP contribution in [0, 0.1) is 6.92 Å². The van der Waals surface area contributed by atoms with Crippen LogP contribution in [0.1, 0.15) is 24.6 Å². The summed E-state index contributed by atoms with van der Waals surface area (Å²) in [5, 5.41) is 9.97. The fourth-order valence-corrected chi connectivity index (χ4v) is 2.69.